The number of aromatic nitrogens is 1. The fraction of sp³-hybridized carbons (Fsp3) is 0.333. The van der Waals surface area contributed by atoms with E-state index >= 15 is 0 Å². The van der Waals surface area contributed by atoms with Crippen LogP contribution in [0.4, 0.5) is 5.82 Å². The lowest BCUT2D eigenvalue weighted by molar-refractivity contribution is -0.105. The fourth-order valence-corrected chi connectivity index (χ4v) is 2.70. The van der Waals surface area contributed by atoms with Gasteiger partial charge in [0.05, 0.1) is 19.8 Å². The van der Waals surface area contributed by atoms with Crippen molar-refractivity contribution in [1.29, 1.82) is 0 Å². The maximum atomic E-state index is 10.4. The van der Waals surface area contributed by atoms with E-state index in [1.165, 1.54) is 0 Å². The summed E-state index contributed by atoms with van der Waals surface area (Å²) in [5, 5.41) is 2.49. The minimum atomic E-state index is 0.505. The van der Waals surface area contributed by atoms with Gasteiger partial charge >= 0.3 is 0 Å². The van der Waals surface area contributed by atoms with E-state index in [1.807, 2.05) is 30.3 Å². The highest BCUT2D eigenvalue weighted by molar-refractivity contribution is 5.68. The summed E-state index contributed by atoms with van der Waals surface area (Å²) >= 11 is 0. The lowest BCUT2D eigenvalue weighted by atomic mass is 10.2. The van der Waals surface area contributed by atoms with Crippen molar-refractivity contribution in [2.24, 2.45) is 0 Å². The molecule has 2 aromatic rings. The first kappa shape index (κ1) is 18.9. The minimum absolute atomic E-state index is 0.505. The van der Waals surface area contributed by atoms with Crippen LogP contribution in [0.5, 0.6) is 5.75 Å². The van der Waals surface area contributed by atoms with E-state index < -0.39 is 0 Å². The standard InChI is InChI=1S/C21H23N3O3/c25-17-23-21-9-6-19(16-22-21)3-2-18-4-7-20(8-5-18)27-13-1-10-24-11-14-26-15-12-24/h4-9,16-17H,1,10-15H2,(H,22,23,25). The number of hydrogen-bond donors (Lipinski definition) is 1. The molecule has 0 spiro atoms. The van der Waals surface area contributed by atoms with E-state index in [9.17, 15) is 4.79 Å². The number of anilines is 1. The summed E-state index contributed by atoms with van der Waals surface area (Å²) in [6, 6.07) is 11.3. The Kier molecular flexibility index (Phi) is 7.22. The van der Waals surface area contributed by atoms with Crippen molar-refractivity contribution in [2.45, 2.75) is 6.42 Å². The van der Waals surface area contributed by atoms with Crippen molar-refractivity contribution in [3.63, 3.8) is 0 Å². The summed E-state index contributed by atoms with van der Waals surface area (Å²) in [6.07, 6.45) is 3.23. The summed E-state index contributed by atoms with van der Waals surface area (Å²) in [5.41, 5.74) is 1.70. The topological polar surface area (TPSA) is 63.7 Å². The van der Waals surface area contributed by atoms with E-state index in [1.54, 1.807) is 12.3 Å². The number of amides is 1. The van der Waals surface area contributed by atoms with E-state index in [0.29, 0.717) is 18.8 Å². The highest BCUT2D eigenvalue weighted by Gasteiger charge is 2.09. The second-order valence-corrected chi connectivity index (χ2v) is 6.12. The predicted molar refractivity (Wildman–Crippen MR) is 104 cm³/mol. The molecule has 6 heteroatoms. The molecule has 1 saturated heterocycles. The largest absolute Gasteiger partial charge is 0.494 e. The Labute approximate surface area is 159 Å². The maximum absolute atomic E-state index is 10.4. The Morgan fingerprint density at radius 2 is 1.85 bits per heavy atom. The van der Waals surface area contributed by atoms with Crippen LogP contribution in [-0.4, -0.2) is 55.7 Å². The van der Waals surface area contributed by atoms with Gasteiger partial charge in [-0.2, -0.15) is 0 Å². The van der Waals surface area contributed by atoms with Gasteiger partial charge in [0, 0.05) is 37.0 Å². The third-order valence-electron chi connectivity index (χ3n) is 4.17. The molecule has 3 rings (SSSR count). The summed E-state index contributed by atoms with van der Waals surface area (Å²) in [4.78, 5) is 16.9. The molecule has 140 valence electrons. The van der Waals surface area contributed by atoms with Gasteiger partial charge < -0.3 is 14.8 Å². The van der Waals surface area contributed by atoms with E-state index in [-0.39, 0.29) is 0 Å². The zero-order valence-corrected chi connectivity index (χ0v) is 15.2. The first-order valence-electron chi connectivity index (χ1n) is 9.05. The van der Waals surface area contributed by atoms with Gasteiger partial charge in [0.15, 0.2) is 0 Å². The average Bonchev–Trinajstić information content (AvgIpc) is 2.73. The lowest BCUT2D eigenvalue weighted by Crippen LogP contribution is -2.37. The molecule has 1 aromatic heterocycles. The number of carbonyl (C=O) groups excluding carboxylic acids is 1. The summed E-state index contributed by atoms with van der Waals surface area (Å²) < 4.78 is 11.1. The Morgan fingerprint density at radius 1 is 1.11 bits per heavy atom. The number of ether oxygens (including phenoxy) is 2. The molecule has 6 nitrogen and oxygen atoms in total. The summed E-state index contributed by atoms with van der Waals surface area (Å²) in [5.74, 6) is 7.51. The SMILES string of the molecule is O=CNc1ccc(C#Cc2ccc(OCCCN3CCOCC3)cc2)cn1. The molecule has 0 unspecified atom stereocenters. The first-order chi connectivity index (χ1) is 13.3. The van der Waals surface area contributed by atoms with Gasteiger partial charge in [0.2, 0.25) is 6.41 Å². The van der Waals surface area contributed by atoms with Crippen LogP contribution in [0, 0.1) is 11.8 Å². The molecule has 0 atom stereocenters. The average molecular weight is 365 g/mol. The molecule has 1 fully saturated rings. The predicted octanol–water partition coefficient (Wildman–Crippen LogP) is 2.15. The van der Waals surface area contributed by atoms with Crippen LogP contribution < -0.4 is 10.1 Å². The number of nitrogens with zero attached hydrogens (tertiary/aromatic N) is 2. The molecule has 1 aromatic carbocycles. The van der Waals surface area contributed by atoms with Gasteiger partial charge in [0.25, 0.3) is 0 Å². The van der Waals surface area contributed by atoms with Crippen molar-refractivity contribution in [3.05, 3.63) is 53.7 Å². The molecule has 1 amide bonds. The summed E-state index contributed by atoms with van der Waals surface area (Å²) in [7, 11) is 0. The van der Waals surface area contributed by atoms with E-state index in [4.69, 9.17) is 9.47 Å². The van der Waals surface area contributed by atoms with Crippen LogP contribution in [0.15, 0.2) is 42.6 Å². The zero-order valence-electron chi connectivity index (χ0n) is 15.2. The molecule has 1 N–H and O–H groups in total. The third kappa shape index (κ3) is 6.41. The summed E-state index contributed by atoms with van der Waals surface area (Å²) in [6.45, 7) is 5.44. The normalized spacial score (nSPS) is 14.1. The van der Waals surface area contributed by atoms with Crippen LogP contribution in [-0.2, 0) is 9.53 Å². The van der Waals surface area contributed by atoms with Gasteiger partial charge in [-0.25, -0.2) is 4.98 Å². The quantitative estimate of drug-likeness (QED) is 0.463. The number of hydrogen-bond acceptors (Lipinski definition) is 5. The molecule has 0 bridgehead atoms. The number of benzene rings is 1. The molecule has 0 aliphatic carbocycles. The maximum Gasteiger partial charge on any atom is 0.212 e. The second-order valence-electron chi connectivity index (χ2n) is 6.12. The van der Waals surface area contributed by atoms with Crippen molar-refractivity contribution in [3.8, 4) is 17.6 Å². The molecular weight excluding hydrogens is 342 g/mol. The van der Waals surface area contributed by atoms with Gasteiger partial charge in [-0.3, -0.25) is 9.69 Å². The number of pyridine rings is 1. The molecule has 1 aliphatic rings. The fourth-order valence-electron chi connectivity index (χ4n) is 2.70. The zero-order chi connectivity index (χ0) is 18.7. The smallest absolute Gasteiger partial charge is 0.212 e. The van der Waals surface area contributed by atoms with Gasteiger partial charge in [-0.1, -0.05) is 11.8 Å². The van der Waals surface area contributed by atoms with E-state index in [2.05, 4.69) is 27.0 Å². The Bertz CT molecular complexity index is 773. The molecule has 27 heavy (non-hydrogen) atoms. The van der Waals surface area contributed by atoms with Crippen molar-refractivity contribution in [2.75, 3.05) is 44.8 Å². The number of rotatable bonds is 7. The Morgan fingerprint density at radius 3 is 2.56 bits per heavy atom. The van der Waals surface area contributed by atoms with Gasteiger partial charge in [0.1, 0.15) is 11.6 Å². The third-order valence-corrected chi connectivity index (χ3v) is 4.17. The van der Waals surface area contributed by atoms with Crippen LogP contribution in [0.2, 0.25) is 0 Å². The van der Waals surface area contributed by atoms with Crippen molar-refractivity contribution >= 4 is 12.2 Å². The number of nitrogens with one attached hydrogen (secondary N) is 1. The molecule has 1 aliphatic heterocycles. The molecular formula is C21H23N3O3. The van der Waals surface area contributed by atoms with Crippen molar-refractivity contribution in [1.82, 2.24) is 9.88 Å². The van der Waals surface area contributed by atoms with Gasteiger partial charge in [-0.15, -0.1) is 0 Å². The molecule has 0 saturated carbocycles. The minimum Gasteiger partial charge on any atom is -0.494 e. The monoisotopic (exact) mass is 365 g/mol. The Hall–Kier alpha value is -2.88. The number of carbonyl (C=O) groups is 1. The van der Waals surface area contributed by atoms with Gasteiger partial charge in [-0.05, 0) is 42.8 Å². The lowest BCUT2D eigenvalue weighted by Gasteiger charge is -2.26. The van der Waals surface area contributed by atoms with E-state index in [0.717, 1.165) is 56.1 Å². The second kappa shape index (κ2) is 10.3. The van der Waals surface area contributed by atoms with Crippen LogP contribution in [0.25, 0.3) is 0 Å². The van der Waals surface area contributed by atoms with Crippen molar-refractivity contribution < 1.29 is 14.3 Å². The van der Waals surface area contributed by atoms with Crippen LogP contribution >= 0.6 is 0 Å². The van der Waals surface area contributed by atoms with Crippen LogP contribution in [0.3, 0.4) is 0 Å². The highest BCUT2D eigenvalue weighted by atomic mass is 16.5. The Balaban J connectivity index is 1.43. The highest BCUT2D eigenvalue weighted by Crippen LogP contribution is 2.12. The number of morpholine rings is 1. The molecule has 0 radical (unpaired) electrons. The van der Waals surface area contributed by atoms with Crippen LogP contribution in [0.1, 0.15) is 17.5 Å². The first-order valence-corrected chi connectivity index (χ1v) is 9.05. The molecule has 2 heterocycles.